The molecule has 0 aromatic carbocycles. The predicted octanol–water partition coefficient (Wildman–Crippen LogP) is 0.317. The van der Waals surface area contributed by atoms with E-state index in [9.17, 15) is 14.9 Å². The van der Waals surface area contributed by atoms with Gasteiger partial charge in [0.2, 0.25) is 0 Å². The van der Waals surface area contributed by atoms with E-state index in [0.29, 0.717) is 4.68 Å². The molecule has 0 aliphatic heterocycles. The summed E-state index contributed by atoms with van der Waals surface area (Å²) in [6.45, 7) is 0. The molecular formula is C4H3N3O4. The Morgan fingerprint density at radius 1 is 1.82 bits per heavy atom. The van der Waals surface area contributed by atoms with Crippen molar-refractivity contribution in [2.45, 2.75) is 0 Å². The van der Waals surface area contributed by atoms with Crippen LogP contribution in [0.5, 0.6) is 0 Å². The van der Waals surface area contributed by atoms with Crippen LogP contribution >= 0.6 is 0 Å². The number of hydrogen-bond donors (Lipinski definition) is 1. The van der Waals surface area contributed by atoms with Gasteiger partial charge in [0.05, 0.1) is 17.4 Å². The first-order valence-electron chi connectivity index (χ1n) is 2.54. The van der Waals surface area contributed by atoms with Crippen LogP contribution in [0.25, 0.3) is 0 Å². The molecule has 0 aliphatic carbocycles. The number of carbonyl (C=O) groups is 1. The lowest BCUT2D eigenvalue weighted by atomic mass is 10.7. The van der Waals surface area contributed by atoms with Crippen LogP contribution in [0.3, 0.4) is 0 Å². The molecule has 0 radical (unpaired) electrons. The van der Waals surface area contributed by atoms with E-state index in [2.05, 4.69) is 5.10 Å². The van der Waals surface area contributed by atoms with Crippen molar-refractivity contribution in [3.63, 3.8) is 0 Å². The molecule has 0 unspecified atom stereocenters. The molecule has 7 nitrogen and oxygen atoms in total. The summed E-state index contributed by atoms with van der Waals surface area (Å²) in [5.41, 5.74) is 0. The van der Waals surface area contributed by atoms with Crippen LogP contribution in [0.2, 0.25) is 0 Å². The second-order valence-electron chi connectivity index (χ2n) is 1.66. The van der Waals surface area contributed by atoms with E-state index < -0.39 is 16.8 Å². The lowest BCUT2D eigenvalue weighted by Gasteiger charge is -1.83. The normalized spacial score (nSPS) is 9.45. The minimum Gasteiger partial charge on any atom is -0.462 e. The van der Waals surface area contributed by atoms with Gasteiger partial charge >= 0.3 is 11.9 Å². The quantitative estimate of drug-likeness (QED) is 0.467. The second-order valence-corrected chi connectivity index (χ2v) is 1.66. The Morgan fingerprint density at radius 2 is 2.45 bits per heavy atom. The highest BCUT2D eigenvalue weighted by atomic mass is 16.6. The molecule has 0 bridgehead atoms. The molecule has 0 amide bonds. The maximum Gasteiger partial charge on any atom is 0.451 e. The minimum absolute atomic E-state index is 0.470. The lowest BCUT2D eigenvalue weighted by Crippen LogP contribution is -2.08. The molecule has 0 atom stereocenters. The van der Waals surface area contributed by atoms with Gasteiger partial charge in [-0.2, -0.15) is 0 Å². The van der Waals surface area contributed by atoms with Gasteiger partial charge in [-0.05, 0) is 4.92 Å². The van der Waals surface area contributed by atoms with Gasteiger partial charge < -0.3 is 15.2 Å². The minimum atomic E-state index is -1.35. The highest BCUT2D eigenvalue weighted by molar-refractivity contribution is 5.66. The summed E-state index contributed by atoms with van der Waals surface area (Å²) in [6, 6.07) is 1.01. The molecule has 1 aromatic heterocycles. The van der Waals surface area contributed by atoms with E-state index in [0.717, 1.165) is 12.3 Å². The van der Waals surface area contributed by atoms with E-state index in [-0.39, 0.29) is 0 Å². The average Bonchev–Trinajstić information content (AvgIpc) is 2.33. The summed E-state index contributed by atoms with van der Waals surface area (Å²) in [7, 11) is 0. The van der Waals surface area contributed by atoms with Gasteiger partial charge in [0, 0.05) is 0 Å². The maximum absolute atomic E-state index is 10.1. The topological polar surface area (TPSA) is 98.3 Å². The lowest BCUT2D eigenvalue weighted by molar-refractivity contribution is -0.389. The van der Waals surface area contributed by atoms with Gasteiger partial charge in [-0.25, -0.2) is 4.79 Å². The van der Waals surface area contributed by atoms with Gasteiger partial charge in [-0.15, -0.1) is 0 Å². The summed E-state index contributed by atoms with van der Waals surface area (Å²) in [5, 5.41) is 21.4. The molecule has 0 fully saturated rings. The summed E-state index contributed by atoms with van der Waals surface area (Å²) in [5.74, 6) is -0.479. The van der Waals surface area contributed by atoms with Crippen LogP contribution in [-0.4, -0.2) is 25.9 Å². The molecule has 0 aliphatic rings. The van der Waals surface area contributed by atoms with Crippen LogP contribution in [0, 0.1) is 10.1 Å². The largest absolute Gasteiger partial charge is 0.462 e. The molecule has 0 saturated heterocycles. The fourth-order valence-corrected chi connectivity index (χ4v) is 0.518. The smallest absolute Gasteiger partial charge is 0.451 e. The van der Waals surface area contributed by atoms with Crippen LogP contribution in [0.1, 0.15) is 0 Å². The summed E-state index contributed by atoms with van der Waals surface area (Å²) >= 11 is 0. The van der Waals surface area contributed by atoms with Crippen molar-refractivity contribution in [3.05, 3.63) is 22.4 Å². The molecule has 0 spiro atoms. The first-order chi connectivity index (χ1) is 5.11. The zero-order chi connectivity index (χ0) is 8.43. The third kappa shape index (κ3) is 1.31. The summed E-state index contributed by atoms with van der Waals surface area (Å²) < 4.78 is 0.470. The predicted molar refractivity (Wildman–Crippen MR) is 32.3 cm³/mol. The van der Waals surface area contributed by atoms with Crippen LogP contribution < -0.4 is 0 Å². The van der Waals surface area contributed by atoms with Crippen LogP contribution in [0.15, 0.2) is 12.3 Å². The number of nitro groups is 1. The zero-order valence-electron chi connectivity index (χ0n) is 5.17. The molecule has 58 valence electrons. The van der Waals surface area contributed by atoms with Crippen molar-refractivity contribution >= 4 is 11.9 Å². The monoisotopic (exact) mass is 157 g/mol. The molecule has 11 heavy (non-hydrogen) atoms. The Hall–Kier alpha value is -1.92. The molecule has 1 aromatic rings. The van der Waals surface area contributed by atoms with Crippen LogP contribution in [0.4, 0.5) is 10.6 Å². The SMILES string of the molecule is O=C(O)n1ccc([N+](=O)[O-])n1. The molecule has 0 saturated carbocycles. The first kappa shape index (κ1) is 7.19. The van der Waals surface area contributed by atoms with Crippen molar-refractivity contribution in [2.75, 3.05) is 0 Å². The van der Waals surface area contributed by atoms with E-state index in [1.54, 1.807) is 0 Å². The maximum atomic E-state index is 10.1. The number of aromatic nitrogens is 2. The van der Waals surface area contributed by atoms with Crippen molar-refractivity contribution in [3.8, 4) is 0 Å². The highest BCUT2D eigenvalue weighted by Crippen LogP contribution is 2.04. The second kappa shape index (κ2) is 2.37. The van der Waals surface area contributed by atoms with Crippen LogP contribution in [-0.2, 0) is 0 Å². The Labute approximate surface area is 60.0 Å². The third-order valence-corrected chi connectivity index (χ3v) is 0.958. The van der Waals surface area contributed by atoms with Gasteiger partial charge in [-0.3, -0.25) is 0 Å². The van der Waals surface area contributed by atoms with Gasteiger partial charge in [-0.1, -0.05) is 4.68 Å². The zero-order valence-corrected chi connectivity index (χ0v) is 5.17. The standard InChI is InChI=1S/C4H3N3O4/c8-4(9)6-2-1-3(5-6)7(10)11/h1-2H,(H,8,9). The fourth-order valence-electron chi connectivity index (χ4n) is 0.518. The summed E-state index contributed by atoms with van der Waals surface area (Å²) in [4.78, 5) is 19.3. The molecule has 1 heterocycles. The summed E-state index contributed by atoms with van der Waals surface area (Å²) in [6.07, 6.45) is -0.349. The van der Waals surface area contributed by atoms with E-state index in [1.165, 1.54) is 0 Å². The Morgan fingerprint density at radius 3 is 2.73 bits per heavy atom. The fraction of sp³-hybridized carbons (Fsp3) is 0. The van der Waals surface area contributed by atoms with Gasteiger partial charge in [0.1, 0.15) is 0 Å². The van der Waals surface area contributed by atoms with Crippen molar-refractivity contribution in [1.82, 2.24) is 9.78 Å². The molecule has 1 rings (SSSR count). The Bertz CT molecular complexity index is 276. The first-order valence-corrected chi connectivity index (χ1v) is 2.54. The van der Waals surface area contributed by atoms with Crippen molar-refractivity contribution < 1.29 is 14.8 Å². The van der Waals surface area contributed by atoms with E-state index in [1.807, 2.05) is 0 Å². The molecule has 1 N–H and O–H groups in total. The number of rotatable bonds is 1. The van der Waals surface area contributed by atoms with Gasteiger partial charge in [0.25, 0.3) is 0 Å². The average molecular weight is 157 g/mol. The molecular weight excluding hydrogens is 154 g/mol. The number of nitrogens with zero attached hydrogens (tertiary/aromatic N) is 3. The number of hydrogen-bond acceptors (Lipinski definition) is 4. The third-order valence-electron chi connectivity index (χ3n) is 0.958. The Balaban J connectivity index is 2.99. The van der Waals surface area contributed by atoms with Gasteiger partial charge in [0.15, 0.2) is 0 Å². The van der Waals surface area contributed by atoms with E-state index in [4.69, 9.17) is 5.11 Å². The highest BCUT2D eigenvalue weighted by Gasteiger charge is 2.14. The van der Waals surface area contributed by atoms with E-state index >= 15 is 0 Å². The van der Waals surface area contributed by atoms with Crippen molar-refractivity contribution in [2.24, 2.45) is 0 Å². The number of carboxylic acid groups (broad SMARTS) is 1. The molecule has 7 heteroatoms. The van der Waals surface area contributed by atoms with Crippen molar-refractivity contribution in [1.29, 1.82) is 0 Å². The Kier molecular flexibility index (Phi) is 1.55.